The molecule has 0 aliphatic rings. The number of unbranched alkanes of at least 4 members (excludes halogenated alkanes) is 3. The Morgan fingerprint density at radius 1 is 1.11 bits per heavy atom. The Morgan fingerprint density at radius 3 is 2.42 bits per heavy atom. The molecule has 0 aliphatic carbocycles. The van der Waals surface area contributed by atoms with Crippen LogP contribution >= 0.6 is 0 Å². The molecule has 0 spiro atoms. The maximum absolute atomic E-state index is 11.1. The van der Waals surface area contributed by atoms with E-state index in [0.29, 0.717) is 6.42 Å². The number of carbonyl (C=O) groups excluding carboxylic acids is 1. The predicted molar refractivity (Wildman–Crippen MR) is 75.2 cm³/mol. The number of hydrogen-bond acceptors (Lipinski definition) is 4. The van der Waals surface area contributed by atoms with Crippen LogP contribution < -0.4 is 10.5 Å². The summed E-state index contributed by atoms with van der Waals surface area (Å²) in [5.41, 5.74) is 6.36. The standard InChI is InChI=1S/C15H23NO3/c1-18-15(17)12-13-6-8-14(9-7-13)19-11-5-3-2-4-10-16/h6-9H,2-5,10-12,16H2,1H3. The topological polar surface area (TPSA) is 61.5 Å². The first-order valence-electron chi connectivity index (χ1n) is 6.75. The van der Waals surface area contributed by atoms with Gasteiger partial charge in [0.1, 0.15) is 5.75 Å². The second kappa shape index (κ2) is 9.39. The van der Waals surface area contributed by atoms with Gasteiger partial charge >= 0.3 is 5.97 Å². The summed E-state index contributed by atoms with van der Waals surface area (Å²) in [4.78, 5) is 11.1. The first kappa shape index (κ1) is 15.5. The van der Waals surface area contributed by atoms with E-state index in [2.05, 4.69) is 4.74 Å². The molecule has 1 aromatic carbocycles. The Hall–Kier alpha value is -1.55. The molecule has 2 N–H and O–H groups in total. The Bertz CT molecular complexity index is 362. The summed E-state index contributed by atoms with van der Waals surface area (Å²) in [5, 5.41) is 0. The van der Waals surface area contributed by atoms with Gasteiger partial charge in [0.2, 0.25) is 0 Å². The number of nitrogens with two attached hydrogens (primary N) is 1. The van der Waals surface area contributed by atoms with Gasteiger partial charge in [-0.2, -0.15) is 0 Å². The van der Waals surface area contributed by atoms with Gasteiger partial charge in [-0.05, 0) is 37.1 Å². The molecule has 0 radical (unpaired) electrons. The molecule has 0 bridgehead atoms. The third kappa shape index (κ3) is 6.82. The van der Waals surface area contributed by atoms with Crippen molar-refractivity contribution >= 4 is 5.97 Å². The lowest BCUT2D eigenvalue weighted by atomic mass is 10.1. The van der Waals surface area contributed by atoms with Gasteiger partial charge in [0.15, 0.2) is 0 Å². The molecular weight excluding hydrogens is 242 g/mol. The van der Waals surface area contributed by atoms with E-state index in [1.165, 1.54) is 7.11 Å². The molecule has 4 heteroatoms. The van der Waals surface area contributed by atoms with Crippen molar-refractivity contribution in [2.75, 3.05) is 20.3 Å². The average molecular weight is 265 g/mol. The maximum atomic E-state index is 11.1. The fourth-order valence-corrected chi connectivity index (χ4v) is 1.73. The van der Waals surface area contributed by atoms with Crippen LogP contribution in [0.4, 0.5) is 0 Å². The van der Waals surface area contributed by atoms with E-state index in [0.717, 1.165) is 50.1 Å². The number of rotatable bonds is 9. The summed E-state index contributed by atoms with van der Waals surface area (Å²) in [6, 6.07) is 7.55. The molecule has 0 aliphatic heterocycles. The van der Waals surface area contributed by atoms with Crippen molar-refractivity contribution in [1.82, 2.24) is 0 Å². The molecular formula is C15H23NO3. The highest BCUT2D eigenvalue weighted by Gasteiger charge is 2.02. The highest BCUT2D eigenvalue weighted by Crippen LogP contribution is 2.13. The molecule has 1 aromatic rings. The Kier molecular flexibility index (Phi) is 7.66. The van der Waals surface area contributed by atoms with Crippen LogP contribution in [0.3, 0.4) is 0 Å². The molecule has 0 atom stereocenters. The lowest BCUT2D eigenvalue weighted by Gasteiger charge is -2.07. The molecule has 19 heavy (non-hydrogen) atoms. The quantitative estimate of drug-likeness (QED) is 0.550. The van der Waals surface area contributed by atoms with Crippen LogP contribution in [0.25, 0.3) is 0 Å². The van der Waals surface area contributed by atoms with Gasteiger partial charge in [0.05, 0.1) is 20.1 Å². The summed E-state index contributed by atoms with van der Waals surface area (Å²) >= 11 is 0. The number of methoxy groups -OCH3 is 1. The summed E-state index contributed by atoms with van der Waals surface area (Å²) in [7, 11) is 1.39. The van der Waals surface area contributed by atoms with Crippen molar-refractivity contribution < 1.29 is 14.3 Å². The van der Waals surface area contributed by atoms with Crippen LogP contribution in [-0.4, -0.2) is 26.2 Å². The van der Waals surface area contributed by atoms with Crippen molar-refractivity contribution in [2.45, 2.75) is 32.1 Å². The molecule has 106 valence electrons. The van der Waals surface area contributed by atoms with Gasteiger partial charge in [-0.25, -0.2) is 0 Å². The number of ether oxygens (including phenoxy) is 2. The smallest absolute Gasteiger partial charge is 0.309 e. The molecule has 0 unspecified atom stereocenters. The van der Waals surface area contributed by atoms with Crippen molar-refractivity contribution in [3.05, 3.63) is 29.8 Å². The van der Waals surface area contributed by atoms with E-state index in [4.69, 9.17) is 10.5 Å². The third-order valence-electron chi connectivity index (χ3n) is 2.87. The van der Waals surface area contributed by atoms with Gasteiger partial charge in [-0.15, -0.1) is 0 Å². The monoisotopic (exact) mass is 265 g/mol. The first-order chi connectivity index (χ1) is 9.26. The van der Waals surface area contributed by atoms with Crippen molar-refractivity contribution in [3.8, 4) is 5.75 Å². The molecule has 0 saturated heterocycles. The largest absolute Gasteiger partial charge is 0.494 e. The van der Waals surface area contributed by atoms with E-state index in [1.54, 1.807) is 0 Å². The van der Waals surface area contributed by atoms with E-state index in [-0.39, 0.29) is 5.97 Å². The minimum absolute atomic E-state index is 0.228. The fraction of sp³-hybridized carbons (Fsp3) is 0.533. The number of esters is 1. The summed E-state index contributed by atoms with van der Waals surface area (Å²) < 4.78 is 10.2. The molecule has 0 aromatic heterocycles. The van der Waals surface area contributed by atoms with Gasteiger partial charge in [0.25, 0.3) is 0 Å². The molecule has 0 heterocycles. The van der Waals surface area contributed by atoms with Crippen molar-refractivity contribution in [1.29, 1.82) is 0 Å². The minimum atomic E-state index is -0.228. The van der Waals surface area contributed by atoms with Crippen molar-refractivity contribution in [3.63, 3.8) is 0 Å². The van der Waals surface area contributed by atoms with Gasteiger partial charge in [0, 0.05) is 0 Å². The molecule has 0 amide bonds. The first-order valence-corrected chi connectivity index (χ1v) is 6.75. The number of carbonyl (C=O) groups is 1. The van der Waals surface area contributed by atoms with E-state index >= 15 is 0 Å². The van der Waals surface area contributed by atoms with Crippen LogP contribution in [0.2, 0.25) is 0 Å². The number of hydrogen-bond donors (Lipinski definition) is 1. The van der Waals surface area contributed by atoms with Crippen LogP contribution in [0, 0.1) is 0 Å². The van der Waals surface area contributed by atoms with Gasteiger partial charge < -0.3 is 15.2 Å². The van der Waals surface area contributed by atoms with Gasteiger partial charge in [-0.1, -0.05) is 25.0 Å². The molecule has 1 rings (SSSR count). The van der Waals surface area contributed by atoms with E-state index in [9.17, 15) is 4.79 Å². The summed E-state index contributed by atoms with van der Waals surface area (Å²) in [5.74, 6) is 0.612. The lowest BCUT2D eigenvalue weighted by molar-refractivity contribution is -0.139. The summed E-state index contributed by atoms with van der Waals surface area (Å²) in [6.45, 7) is 1.49. The Labute approximate surface area is 114 Å². The third-order valence-corrected chi connectivity index (χ3v) is 2.87. The van der Waals surface area contributed by atoms with Crippen molar-refractivity contribution in [2.24, 2.45) is 5.73 Å². The minimum Gasteiger partial charge on any atom is -0.494 e. The second-order valence-corrected chi connectivity index (χ2v) is 4.45. The normalized spacial score (nSPS) is 10.2. The SMILES string of the molecule is COC(=O)Cc1ccc(OCCCCCCN)cc1. The van der Waals surface area contributed by atoms with E-state index < -0.39 is 0 Å². The van der Waals surface area contributed by atoms with E-state index in [1.807, 2.05) is 24.3 Å². The van der Waals surface area contributed by atoms with Crippen LogP contribution in [0.5, 0.6) is 5.75 Å². The fourth-order valence-electron chi connectivity index (χ4n) is 1.73. The maximum Gasteiger partial charge on any atom is 0.309 e. The molecule has 0 fully saturated rings. The molecule has 4 nitrogen and oxygen atoms in total. The number of benzene rings is 1. The summed E-state index contributed by atoms with van der Waals surface area (Å²) in [6.07, 6.45) is 4.75. The zero-order chi connectivity index (χ0) is 13.9. The zero-order valence-electron chi connectivity index (χ0n) is 11.6. The Morgan fingerprint density at radius 2 is 1.79 bits per heavy atom. The lowest BCUT2D eigenvalue weighted by Crippen LogP contribution is -2.04. The zero-order valence-corrected chi connectivity index (χ0v) is 11.6. The Balaban J connectivity index is 2.22. The highest BCUT2D eigenvalue weighted by atomic mass is 16.5. The van der Waals surface area contributed by atoms with Crippen LogP contribution in [0.15, 0.2) is 24.3 Å². The molecule has 0 saturated carbocycles. The highest BCUT2D eigenvalue weighted by molar-refractivity contribution is 5.72. The predicted octanol–water partition coefficient (Wildman–Crippen LogP) is 2.30. The second-order valence-electron chi connectivity index (χ2n) is 4.45. The van der Waals surface area contributed by atoms with Gasteiger partial charge in [-0.3, -0.25) is 4.79 Å². The van der Waals surface area contributed by atoms with Crippen LogP contribution in [0.1, 0.15) is 31.2 Å². The van der Waals surface area contributed by atoms with Crippen LogP contribution in [-0.2, 0) is 16.0 Å². The average Bonchev–Trinajstić information content (AvgIpc) is 2.44.